The number of aryl methyl sites for hydroxylation is 2. The molecule has 0 aliphatic rings. The number of halogens is 2. The minimum Gasteiger partial charge on any atom is -0.487 e. The Morgan fingerprint density at radius 3 is 2.65 bits per heavy atom. The van der Waals surface area contributed by atoms with Crippen LogP contribution in [0.5, 0.6) is 5.75 Å². The van der Waals surface area contributed by atoms with Crippen LogP contribution in [0.25, 0.3) is 11.0 Å². The number of ether oxygens (including phenoxy) is 1. The second-order valence-corrected chi connectivity index (χ2v) is 7.16. The molecule has 0 aliphatic carbocycles. The van der Waals surface area contributed by atoms with E-state index in [1.807, 2.05) is 41.0 Å². The van der Waals surface area contributed by atoms with Gasteiger partial charge in [0.05, 0.1) is 11.4 Å². The van der Waals surface area contributed by atoms with Gasteiger partial charge in [0.2, 0.25) is 5.82 Å². The number of hydrogen-bond donors (Lipinski definition) is 2. The highest BCUT2D eigenvalue weighted by molar-refractivity contribution is 6.30. The van der Waals surface area contributed by atoms with Gasteiger partial charge in [-0.15, -0.1) is 0 Å². The molecule has 2 aromatic carbocycles. The predicted octanol–water partition coefficient (Wildman–Crippen LogP) is 4.66. The zero-order chi connectivity index (χ0) is 21.1. The number of rotatable bonds is 6. The van der Waals surface area contributed by atoms with Gasteiger partial charge in [0, 0.05) is 29.2 Å². The Kier molecular flexibility index (Phi) is 6.70. The van der Waals surface area contributed by atoms with E-state index in [1.165, 1.54) is 12.1 Å². The van der Waals surface area contributed by atoms with Crippen LogP contribution >= 0.6 is 11.6 Å². The molecule has 0 aliphatic heterocycles. The molecule has 0 saturated carbocycles. The highest BCUT2D eigenvalue weighted by atomic mass is 35.5. The molecule has 2 heterocycles. The van der Waals surface area contributed by atoms with Gasteiger partial charge < -0.3 is 21.2 Å². The van der Waals surface area contributed by atoms with Crippen LogP contribution in [0.15, 0.2) is 54.7 Å². The molecule has 0 spiro atoms. The third kappa shape index (κ3) is 4.91. The van der Waals surface area contributed by atoms with Gasteiger partial charge in [-0.2, -0.15) is 5.26 Å². The summed E-state index contributed by atoms with van der Waals surface area (Å²) < 4.78 is 21.5. The van der Waals surface area contributed by atoms with Gasteiger partial charge in [0.15, 0.2) is 0 Å². The van der Waals surface area contributed by atoms with Crippen LogP contribution in [0.1, 0.15) is 17.1 Å². The van der Waals surface area contributed by atoms with E-state index >= 15 is 0 Å². The average Bonchev–Trinajstić information content (AvgIpc) is 3.10. The van der Waals surface area contributed by atoms with E-state index in [4.69, 9.17) is 27.3 Å². The van der Waals surface area contributed by atoms with Gasteiger partial charge in [0.25, 0.3) is 0 Å². The first-order chi connectivity index (χ1) is 14.5. The van der Waals surface area contributed by atoms with Crippen molar-refractivity contribution in [1.82, 2.24) is 20.7 Å². The second-order valence-electron chi connectivity index (χ2n) is 6.72. The third-order valence-electron chi connectivity index (χ3n) is 4.72. The largest absolute Gasteiger partial charge is 0.487 e. The number of anilines is 1. The summed E-state index contributed by atoms with van der Waals surface area (Å²) in [6.07, 6.45) is 2.35. The number of nitriles is 1. The molecule has 0 bridgehead atoms. The van der Waals surface area contributed by atoms with Crippen molar-refractivity contribution in [2.24, 2.45) is 0 Å². The molecule has 0 fully saturated rings. The SMILES string of the molecule is N.N#Cc1ncc2cc(COc3ccc(N)c(F)c3)n(CCc3ccc(Cl)cc3)c2n1. The number of nitrogens with two attached hydrogens (primary N) is 1. The summed E-state index contributed by atoms with van der Waals surface area (Å²) in [5.41, 5.74) is 8.18. The Hall–Kier alpha value is -3.67. The quantitative estimate of drug-likeness (QED) is 0.421. The monoisotopic (exact) mass is 438 g/mol. The van der Waals surface area contributed by atoms with Crippen molar-refractivity contribution in [3.63, 3.8) is 0 Å². The van der Waals surface area contributed by atoms with Crippen LogP contribution < -0.4 is 16.6 Å². The first-order valence-corrected chi connectivity index (χ1v) is 9.59. The highest BCUT2D eigenvalue weighted by Crippen LogP contribution is 2.23. The number of fused-ring (bicyclic) bond motifs is 1. The summed E-state index contributed by atoms with van der Waals surface area (Å²) >= 11 is 5.96. The average molecular weight is 439 g/mol. The Morgan fingerprint density at radius 2 is 1.94 bits per heavy atom. The summed E-state index contributed by atoms with van der Waals surface area (Å²) in [5, 5.41) is 10.6. The number of aromatic nitrogens is 3. The molecule has 5 N–H and O–H groups in total. The van der Waals surface area contributed by atoms with E-state index in [1.54, 1.807) is 12.3 Å². The summed E-state index contributed by atoms with van der Waals surface area (Å²) in [6, 6.07) is 15.8. The minimum absolute atomic E-state index is 0. The highest BCUT2D eigenvalue weighted by Gasteiger charge is 2.13. The fourth-order valence-electron chi connectivity index (χ4n) is 3.16. The molecular formula is C22H20ClFN6O. The molecular weight excluding hydrogens is 419 g/mol. The Balaban J connectivity index is 0.00000272. The molecule has 31 heavy (non-hydrogen) atoms. The smallest absolute Gasteiger partial charge is 0.234 e. The van der Waals surface area contributed by atoms with Crippen molar-refractivity contribution in [3.05, 3.63) is 82.6 Å². The van der Waals surface area contributed by atoms with Gasteiger partial charge >= 0.3 is 0 Å². The normalized spacial score (nSPS) is 10.5. The maximum Gasteiger partial charge on any atom is 0.234 e. The molecule has 7 nitrogen and oxygen atoms in total. The van der Waals surface area contributed by atoms with E-state index in [-0.39, 0.29) is 24.3 Å². The number of nitrogen functional groups attached to an aromatic ring is 1. The maximum absolute atomic E-state index is 13.7. The summed E-state index contributed by atoms with van der Waals surface area (Å²) in [6.45, 7) is 0.810. The van der Waals surface area contributed by atoms with E-state index in [0.717, 1.165) is 23.1 Å². The number of benzene rings is 2. The molecule has 0 atom stereocenters. The van der Waals surface area contributed by atoms with E-state index < -0.39 is 5.82 Å². The van der Waals surface area contributed by atoms with Crippen molar-refractivity contribution in [2.75, 3.05) is 5.73 Å². The predicted molar refractivity (Wildman–Crippen MR) is 118 cm³/mol. The fourth-order valence-corrected chi connectivity index (χ4v) is 3.29. The molecule has 158 valence electrons. The van der Waals surface area contributed by atoms with Gasteiger partial charge in [-0.1, -0.05) is 23.7 Å². The van der Waals surface area contributed by atoms with E-state index in [0.29, 0.717) is 23.0 Å². The zero-order valence-electron chi connectivity index (χ0n) is 16.6. The summed E-state index contributed by atoms with van der Waals surface area (Å²) in [7, 11) is 0. The van der Waals surface area contributed by atoms with Gasteiger partial charge in [-0.05, 0) is 42.3 Å². The fraction of sp³-hybridized carbons (Fsp3) is 0.136. The third-order valence-corrected chi connectivity index (χ3v) is 4.97. The summed E-state index contributed by atoms with van der Waals surface area (Å²) in [4.78, 5) is 8.40. The first kappa shape index (κ1) is 22.0. The lowest BCUT2D eigenvalue weighted by atomic mass is 10.1. The lowest BCUT2D eigenvalue weighted by Gasteiger charge is -2.12. The minimum atomic E-state index is -0.527. The van der Waals surface area contributed by atoms with Crippen LogP contribution in [-0.4, -0.2) is 14.5 Å². The number of nitrogens with zero attached hydrogens (tertiary/aromatic N) is 4. The van der Waals surface area contributed by atoms with Crippen LogP contribution in [0.2, 0.25) is 5.02 Å². The molecule has 0 radical (unpaired) electrons. The summed E-state index contributed by atoms with van der Waals surface area (Å²) in [5.74, 6) is -0.0540. The van der Waals surface area contributed by atoms with Crippen molar-refractivity contribution < 1.29 is 9.13 Å². The van der Waals surface area contributed by atoms with Crippen molar-refractivity contribution in [2.45, 2.75) is 19.6 Å². The molecule has 9 heteroatoms. The Morgan fingerprint density at radius 1 is 1.16 bits per heavy atom. The van der Waals surface area contributed by atoms with Crippen molar-refractivity contribution in [1.29, 1.82) is 5.26 Å². The molecule has 0 unspecified atom stereocenters. The van der Waals surface area contributed by atoms with E-state index in [9.17, 15) is 4.39 Å². The molecule has 0 saturated heterocycles. The Labute approximate surface area is 183 Å². The topological polar surface area (TPSA) is 125 Å². The van der Waals surface area contributed by atoms with Crippen LogP contribution in [0.4, 0.5) is 10.1 Å². The van der Waals surface area contributed by atoms with Gasteiger partial charge in [0.1, 0.15) is 29.9 Å². The van der Waals surface area contributed by atoms with Crippen LogP contribution in [-0.2, 0) is 19.6 Å². The van der Waals surface area contributed by atoms with Crippen LogP contribution in [0, 0.1) is 17.1 Å². The molecule has 4 aromatic rings. The first-order valence-electron chi connectivity index (χ1n) is 9.21. The van der Waals surface area contributed by atoms with Gasteiger partial charge in [-0.25, -0.2) is 14.4 Å². The Bertz CT molecular complexity index is 1250. The number of hydrogen-bond acceptors (Lipinski definition) is 6. The maximum atomic E-state index is 13.7. The molecule has 2 aromatic heterocycles. The second kappa shape index (κ2) is 9.43. The lowest BCUT2D eigenvalue weighted by molar-refractivity contribution is 0.294. The van der Waals surface area contributed by atoms with E-state index in [2.05, 4.69) is 9.97 Å². The standard InChI is InChI=1S/C22H17ClFN5O.H3N/c23-16-3-1-14(2-4-16)7-8-29-17(9-15-12-27-21(11-25)28-22(15)29)13-30-18-5-6-20(26)19(24)10-18;/h1-6,9-10,12H,7-8,13,26H2;1H3. The zero-order valence-corrected chi connectivity index (χ0v) is 17.3. The molecule has 4 rings (SSSR count). The van der Waals surface area contributed by atoms with Crippen molar-refractivity contribution in [3.8, 4) is 11.8 Å². The molecule has 0 amide bonds. The van der Waals surface area contributed by atoms with Gasteiger partial charge in [-0.3, -0.25) is 0 Å². The van der Waals surface area contributed by atoms with Crippen molar-refractivity contribution >= 4 is 28.3 Å². The lowest BCUT2D eigenvalue weighted by Crippen LogP contribution is -2.09. The van der Waals surface area contributed by atoms with Crippen LogP contribution in [0.3, 0.4) is 0 Å².